The highest BCUT2D eigenvalue weighted by Gasteiger charge is 2.16. The fourth-order valence-electron chi connectivity index (χ4n) is 3.67. The zero-order valence-corrected chi connectivity index (χ0v) is 17.4. The van der Waals surface area contributed by atoms with Crippen LogP contribution in [0.5, 0.6) is 0 Å². The van der Waals surface area contributed by atoms with Gasteiger partial charge >= 0.3 is 0 Å². The van der Waals surface area contributed by atoms with E-state index in [4.69, 9.17) is 4.42 Å². The van der Waals surface area contributed by atoms with Crippen molar-refractivity contribution in [2.24, 2.45) is 5.92 Å². The van der Waals surface area contributed by atoms with E-state index >= 15 is 0 Å². The summed E-state index contributed by atoms with van der Waals surface area (Å²) in [5.74, 6) is 0.345. The molecule has 154 valence electrons. The van der Waals surface area contributed by atoms with Gasteiger partial charge in [0, 0.05) is 5.39 Å². The first-order chi connectivity index (χ1) is 14.4. The lowest BCUT2D eigenvalue weighted by Crippen LogP contribution is -2.33. The lowest BCUT2D eigenvalue weighted by atomic mass is 10.00. The molecule has 0 bridgehead atoms. The van der Waals surface area contributed by atoms with Crippen LogP contribution < -0.4 is 10.9 Å². The van der Waals surface area contributed by atoms with Crippen molar-refractivity contribution in [2.75, 3.05) is 0 Å². The molecule has 0 aliphatic carbocycles. The van der Waals surface area contributed by atoms with E-state index in [0.29, 0.717) is 17.0 Å². The number of carbonyl (C=O) groups excluding carboxylic acids is 1. The van der Waals surface area contributed by atoms with Gasteiger partial charge in [0.2, 0.25) is 11.5 Å². The second-order valence-electron chi connectivity index (χ2n) is 8.08. The number of hydrogen-bond acceptors (Lipinski definition) is 4. The molecule has 0 saturated carbocycles. The summed E-state index contributed by atoms with van der Waals surface area (Å²) in [6, 6.07) is 15.5. The molecule has 1 atom stereocenters. The van der Waals surface area contributed by atoms with Crippen molar-refractivity contribution in [3.8, 4) is 0 Å². The van der Waals surface area contributed by atoms with Crippen LogP contribution in [0.25, 0.3) is 22.1 Å². The van der Waals surface area contributed by atoms with Crippen LogP contribution in [0, 0.1) is 5.92 Å². The first-order valence-electron chi connectivity index (χ1n) is 10.2. The van der Waals surface area contributed by atoms with Crippen LogP contribution in [-0.2, 0) is 17.8 Å². The van der Waals surface area contributed by atoms with Gasteiger partial charge in [0.05, 0.1) is 12.4 Å². The maximum Gasteiger partial charge on any atom is 0.297 e. The van der Waals surface area contributed by atoms with Gasteiger partial charge in [-0.05, 0) is 42.5 Å². The topological polar surface area (TPSA) is 77.1 Å². The highest BCUT2D eigenvalue weighted by atomic mass is 16.3. The minimum Gasteiger partial charge on any atom is -0.448 e. The largest absolute Gasteiger partial charge is 0.448 e. The molecule has 2 aromatic heterocycles. The van der Waals surface area contributed by atoms with Crippen molar-refractivity contribution >= 4 is 28.0 Å². The van der Waals surface area contributed by atoms with Gasteiger partial charge in [-0.25, -0.2) is 4.98 Å². The summed E-state index contributed by atoms with van der Waals surface area (Å²) in [5, 5.41) is 3.74. The third-order valence-electron chi connectivity index (χ3n) is 5.17. The highest BCUT2D eigenvalue weighted by Crippen LogP contribution is 2.24. The Balaban J connectivity index is 1.48. The Morgan fingerprint density at radius 1 is 1.10 bits per heavy atom. The molecular formula is C24H25N3O3. The normalized spacial score (nSPS) is 12.5. The van der Waals surface area contributed by atoms with Crippen molar-refractivity contribution in [3.63, 3.8) is 0 Å². The average Bonchev–Trinajstić information content (AvgIpc) is 3.10. The Hall–Kier alpha value is -3.41. The predicted molar refractivity (Wildman–Crippen MR) is 117 cm³/mol. The van der Waals surface area contributed by atoms with E-state index in [9.17, 15) is 9.59 Å². The van der Waals surface area contributed by atoms with Crippen LogP contribution >= 0.6 is 0 Å². The van der Waals surface area contributed by atoms with Gasteiger partial charge in [0.15, 0.2) is 0 Å². The molecule has 1 amide bonds. The molecule has 0 saturated heterocycles. The van der Waals surface area contributed by atoms with E-state index in [2.05, 4.69) is 36.3 Å². The van der Waals surface area contributed by atoms with Gasteiger partial charge in [0.1, 0.15) is 17.6 Å². The van der Waals surface area contributed by atoms with Crippen molar-refractivity contribution in [1.82, 2.24) is 14.9 Å². The first-order valence-corrected chi connectivity index (χ1v) is 10.2. The van der Waals surface area contributed by atoms with E-state index in [1.165, 1.54) is 16.5 Å². The van der Waals surface area contributed by atoms with Gasteiger partial charge in [-0.15, -0.1) is 0 Å². The summed E-state index contributed by atoms with van der Waals surface area (Å²) in [7, 11) is 0. The molecular weight excluding hydrogens is 378 g/mol. The van der Waals surface area contributed by atoms with Gasteiger partial charge in [-0.3, -0.25) is 14.2 Å². The molecule has 6 heteroatoms. The summed E-state index contributed by atoms with van der Waals surface area (Å²) >= 11 is 0. The molecule has 2 aromatic carbocycles. The first kappa shape index (κ1) is 19.9. The molecule has 4 rings (SSSR count). The molecule has 4 aromatic rings. The lowest BCUT2D eigenvalue weighted by Gasteiger charge is -2.15. The zero-order valence-electron chi connectivity index (χ0n) is 17.4. The molecule has 0 radical (unpaired) electrons. The number of amides is 1. The van der Waals surface area contributed by atoms with Crippen LogP contribution in [0.2, 0.25) is 0 Å². The van der Waals surface area contributed by atoms with Crippen LogP contribution in [0.3, 0.4) is 0 Å². The second-order valence-corrected chi connectivity index (χ2v) is 8.08. The number of benzene rings is 2. The molecule has 0 aliphatic rings. The number of aromatic nitrogens is 2. The minimum atomic E-state index is -0.364. The Labute approximate surface area is 174 Å². The Kier molecular flexibility index (Phi) is 5.40. The Bertz CT molecular complexity index is 1250. The standard InChI is InChI=1S/C24H25N3O3/c1-15(2)12-17-8-10-18(11-9-17)16(3)26-21(28)13-27-14-25-22-19-6-4-5-7-20(19)30-23(22)24(27)29/h4-11,14-16H,12-13H2,1-3H3,(H,26,28)/t16-/m1/s1. The third kappa shape index (κ3) is 3.99. The maximum atomic E-state index is 12.8. The zero-order chi connectivity index (χ0) is 21.3. The number of fused-ring (bicyclic) bond motifs is 3. The fourth-order valence-corrected chi connectivity index (χ4v) is 3.67. The lowest BCUT2D eigenvalue weighted by molar-refractivity contribution is -0.122. The van der Waals surface area contributed by atoms with Crippen molar-refractivity contribution in [1.29, 1.82) is 0 Å². The van der Waals surface area contributed by atoms with E-state index in [1.54, 1.807) is 6.07 Å². The number of para-hydroxylation sites is 1. The SMILES string of the molecule is CC(C)Cc1ccc([C@@H](C)NC(=O)Cn2cnc3c(oc4ccccc43)c2=O)cc1. The van der Waals surface area contributed by atoms with Crippen LogP contribution in [0.1, 0.15) is 37.9 Å². The third-order valence-corrected chi connectivity index (χ3v) is 5.17. The molecule has 0 fully saturated rings. The smallest absolute Gasteiger partial charge is 0.297 e. The molecule has 1 N–H and O–H groups in total. The van der Waals surface area contributed by atoms with Gasteiger partial charge in [0.25, 0.3) is 5.56 Å². The Morgan fingerprint density at radius 3 is 2.57 bits per heavy atom. The Morgan fingerprint density at radius 2 is 1.83 bits per heavy atom. The van der Waals surface area contributed by atoms with E-state index in [1.807, 2.05) is 37.3 Å². The maximum absolute atomic E-state index is 12.8. The average molecular weight is 403 g/mol. The monoisotopic (exact) mass is 403 g/mol. The van der Waals surface area contributed by atoms with Gasteiger partial charge in [-0.1, -0.05) is 50.2 Å². The summed E-state index contributed by atoms with van der Waals surface area (Å²) in [6.07, 6.45) is 2.43. The summed E-state index contributed by atoms with van der Waals surface area (Å²) in [4.78, 5) is 29.6. The highest BCUT2D eigenvalue weighted by molar-refractivity contribution is 6.01. The summed E-state index contributed by atoms with van der Waals surface area (Å²) < 4.78 is 6.94. The summed E-state index contributed by atoms with van der Waals surface area (Å²) in [6.45, 7) is 6.19. The number of nitrogens with one attached hydrogen (secondary N) is 1. The second kappa shape index (κ2) is 8.14. The van der Waals surface area contributed by atoms with E-state index in [0.717, 1.165) is 17.4 Å². The van der Waals surface area contributed by atoms with Crippen molar-refractivity contribution in [2.45, 2.75) is 39.8 Å². The van der Waals surface area contributed by atoms with Gasteiger partial charge in [-0.2, -0.15) is 0 Å². The fraction of sp³-hybridized carbons (Fsp3) is 0.292. The van der Waals surface area contributed by atoms with Crippen molar-refractivity contribution in [3.05, 3.63) is 76.3 Å². The number of rotatable bonds is 6. The number of nitrogens with zero attached hydrogens (tertiary/aromatic N) is 2. The molecule has 0 unspecified atom stereocenters. The van der Waals surface area contributed by atoms with Gasteiger partial charge < -0.3 is 9.73 Å². The molecule has 2 heterocycles. The van der Waals surface area contributed by atoms with E-state index in [-0.39, 0.29) is 29.6 Å². The van der Waals surface area contributed by atoms with Crippen LogP contribution in [-0.4, -0.2) is 15.5 Å². The molecule has 0 spiro atoms. The molecule has 30 heavy (non-hydrogen) atoms. The summed E-state index contributed by atoms with van der Waals surface area (Å²) in [5.41, 5.74) is 3.23. The number of furan rings is 1. The number of carbonyl (C=O) groups is 1. The molecule has 0 aliphatic heterocycles. The predicted octanol–water partition coefficient (Wildman–Crippen LogP) is 4.22. The number of hydrogen-bond donors (Lipinski definition) is 1. The van der Waals surface area contributed by atoms with Crippen LogP contribution in [0.4, 0.5) is 0 Å². The van der Waals surface area contributed by atoms with E-state index < -0.39 is 0 Å². The molecule has 6 nitrogen and oxygen atoms in total. The minimum absolute atomic E-state index is 0.116. The quantitative estimate of drug-likeness (QED) is 0.523. The van der Waals surface area contributed by atoms with Crippen LogP contribution in [0.15, 0.2) is 64.1 Å². The van der Waals surface area contributed by atoms with Crippen molar-refractivity contribution < 1.29 is 9.21 Å².